The van der Waals surface area contributed by atoms with Gasteiger partial charge in [0.25, 0.3) is 0 Å². The van der Waals surface area contributed by atoms with Gasteiger partial charge in [0.05, 0.1) is 0 Å². The summed E-state index contributed by atoms with van der Waals surface area (Å²) < 4.78 is 5.44. The summed E-state index contributed by atoms with van der Waals surface area (Å²) in [7, 11) is 0. The molecule has 0 aromatic heterocycles. The Labute approximate surface area is 205 Å². The van der Waals surface area contributed by atoms with Crippen LogP contribution in [0.3, 0.4) is 0 Å². The van der Waals surface area contributed by atoms with Crippen molar-refractivity contribution in [2.45, 2.75) is 110 Å². The minimum Gasteiger partial charge on any atom is -0.444 e. The smallest absolute Gasteiger partial charge is 0.408 e. The van der Waals surface area contributed by atoms with Crippen LogP contribution >= 0.6 is 0 Å². The molecule has 0 heterocycles. The summed E-state index contributed by atoms with van der Waals surface area (Å²) in [4.78, 5) is 41.9. The maximum absolute atomic E-state index is 14.0. The maximum atomic E-state index is 14.0. The quantitative estimate of drug-likeness (QED) is 0.475. The Bertz CT molecular complexity index is 817. The van der Waals surface area contributed by atoms with Crippen LogP contribution in [0.15, 0.2) is 30.3 Å². The number of nitrogens with zero attached hydrogens (tertiary/aromatic N) is 1. The topological polar surface area (TPSA) is 87.7 Å². The van der Waals surface area contributed by atoms with Gasteiger partial charge < -0.3 is 20.3 Å². The Morgan fingerprint density at radius 2 is 1.68 bits per heavy atom. The summed E-state index contributed by atoms with van der Waals surface area (Å²) >= 11 is 0. The molecule has 1 aliphatic rings. The van der Waals surface area contributed by atoms with E-state index in [1.165, 1.54) is 0 Å². The van der Waals surface area contributed by atoms with Crippen LogP contribution in [-0.4, -0.2) is 46.5 Å². The van der Waals surface area contributed by atoms with Gasteiger partial charge in [-0.15, -0.1) is 0 Å². The lowest BCUT2D eigenvalue weighted by Crippen LogP contribution is -2.56. The van der Waals surface area contributed by atoms with E-state index < -0.39 is 23.8 Å². The third-order valence-electron chi connectivity index (χ3n) is 6.10. The van der Waals surface area contributed by atoms with Crippen molar-refractivity contribution >= 4 is 17.9 Å². The Hall–Kier alpha value is -2.57. The van der Waals surface area contributed by atoms with Crippen molar-refractivity contribution in [1.82, 2.24) is 15.5 Å². The van der Waals surface area contributed by atoms with Crippen LogP contribution < -0.4 is 10.6 Å². The molecule has 1 aromatic carbocycles. The van der Waals surface area contributed by atoms with Gasteiger partial charge in [0.1, 0.15) is 17.7 Å². The zero-order chi connectivity index (χ0) is 25.5. The molecule has 2 N–H and O–H groups in total. The summed E-state index contributed by atoms with van der Waals surface area (Å²) in [5.74, 6) is -0.554. The molecule has 7 nitrogen and oxygen atoms in total. The van der Waals surface area contributed by atoms with Gasteiger partial charge >= 0.3 is 6.09 Å². The first-order chi connectivity index (χ1) is 16.0. The summed E-state index contributed by atoms with van der Waals surface area (Å²) in [5.41, 5.74) is 0.0923. The Morgan fingerprint density at radius 1 is 1.06 bits per heavy atom. The summed E-state index contributed by atoms with van der Waals surface area (Å²) in [6.07, 6.45) is 3.57. The molecule has 34 heavy (non-hydrogen) atoms. The molecule has 3 amide bonds. The molecule has 1 aliphatic carbocycles. The number of hydrogen-bond acceptors (Lipinski definition) is 4. The third-order valence-corrected chi connectivity index (χ3v) is 6.10. The molecule has 2 rings (SSSR count). The van der Waals surface area contributed by atoms with Gasteiger partial charge in [-0.25, -0.2) is 4.79 Å². The number of carbonyl (C=O) groups is 3. The van der Waals surface area contributed by atoms with Crippen molar-refractivity contribution in [3.05, 3.63) is 35.9 Å². The number of ether oxygens (including phenoxy) is 1. The van der Waals surface area contributed by atoms with E-state index in [0.717, 1.165) is 31.2 Å². The van der Waals surface area contributed by atoms with E-state index >= 15 is 0 Å². The van der Waals surface area contributed by atoms with Crippen molar-refractivity contribution in [2.75, 3.05) is 0 Å². The molecule has 1 saturated carbocycles. The lowest BCUT2D eigenvalue weighted by molar-refractivity contribution is -0.144. The molecule has 4 atom stereocenters. The molecule has 0 saturated heterocycles. The number of benzene rings is 1. The van der Waals surface area contributed by atoms with Gasteiger partial charge in [0, 0.05) is 12.1 Å². The predicted molar refractivity (Wildman–Crippen MR) is 134 cm³/mol. The van der Waals surface area contributed by atoms with E-state index in [-0.39, 0.29) is 29.8 Å². The Morgan fingerprint density at radius 3 is 2.18 bits per heavy atom. The first-order valence-corrected chi connectivity index (χ1v) is 12.6. The SMILES string of the molecule is CCCC(C)NC(=O)C(c1ccccc1)N(C(=O)C(NC(=O)OC(C)(C)C)C(C)CC)C1CC1. The normalized spacial score (nSPS) is 17.1. The average molecular weight is 474 g/mol. The number of hydrogen-bond donors (Lipinski definition) is 2. The van der Waals surface area contributed by atoms with Gasteiger partial charge in [-0.05, 0) is 58.4 Å². The molecule has 0 bridgehead atoms. The number of amides is 3. The highest BCUT2D eigenvalue weighted by Crippen LogP contribution is 2.36. The molecule has 4 unspecified atom stereocenters. The molecule has 1 aromatic rings. The van der Waals surface area contributed by atoms with Gasteiger partial charge in [-0.3, -0.25) is 9.59 Å². The van der Waals surface area contributed by atoms with E-state index in [1.54, 1.807) is 25.7 Å². The van der Waals surface area contributed by atoms with Crippen LogP contribution in [0.4, 0.5) is 4.79 Å². The molecule has 190 valence electrons. The van der Waals surface area contributed by atoms with Crippen LogP contribution in [0.2, 0.25) is 0 Å². The molecule has 0 spiro atoms. The van der Waals surface area contributed by atoms with Gasteiger partial charge in [-0.1, -0.05) is 63.9 Å². The van der Waals surface area contributed by atoms with Crippen molar-refractivity contribution in [3.8, 4) is 0 Å². The second-order valence-electron chi connectivity index (χ2n) is 10.5. The number of carbonyl (C=O) groups excluding carboxylic acids is 3. The lowest BCUT2D eigenvalue weighted by Gasteiger charge is -2.36. The number of rotatable bonds is 11. The van der Waals surface area contributed by atoms with E-state index in [1.807, 2.05) is 51.1 Å². The Kier molecular flexibility index (Phi) is 9.95. The third kappa shape index (κ3) is 8.03. The zero-order valence-corrected chi connectivity index (χ0v) is 21.9. The van der Waals surface area contributed by atoms with Crippen LogP contribution in [-0.2, 0) is 14.3 Å². The first kappa shape index (κ1) is 27.7. The molecule has 1 fully saturated rings. The second-order valence-corrected chi connectivity index (χ2v) is 10.5. The number of nitrogens with one attached hydrogen (secondary N) is 2. The summed E-state index contributed by atoms with van der Waals surface area (Å²) in [6, 6.07) is 7.86. The summed E-state index contributed by atoms with van der Waals surface area (Å²) in [6.45, 7) is 13.3. The fourth-order valence-electron chi connectivity index (χ4n) is 4.05. The monoisotopic (exact) mass is 473 g/mol. The predicted octanol–water partition coefficient (Wildman–Crippen LogP) is 4.96. The zero-order valence-electron chi connectivity index (χ0n) is 21.9. The van der Waals surface area contributed by atoms with E-state index in [0.29, 0.717) is 6.42 Å². The van der Waals surface area contributed by atoms with Crippen molar-refractivity contribution in [3.63, 3.8) is 0 Å². The minimum absolute atomic E-state index is 0.00474. The fraction of sp³-hybridized carbons (Fsp3) is 0.667. The van der Waals surface area contributed by atoms with E-state index in [4.69, 9.17) is 4.74 Å². The fourth-order valence-corrected chi connectivity index (χ4v) is 4.05. The van der Waals surface area contributed by atoms with Crippen LogP contribution in [0.25, 0.3) is 0 Å². The van der Waals surface area contributed by atoms with Crippen molar-refractivity contribution in [2.24, 2.45) is 5.92 Å². The van der Waals surface area contributed by atoms with E-state index in [2.05, 4.69) is 17.6 Å². The van der Waals surface area contributed by atoms with Crippen molar-refractivity contribution < 1.29 is 19.1 Å². The first-order valence-electron chi connectivity index (χ1n) is 12.6. The molecule has 0 aliphatic heterocycles. The standard InChI is InChI=1S/C27H43N3O4/c1-8-13-19(4)28-24(31)23(20-14-11-10-12-15-20)30(21-16-17-21)25(32)22(18(3)9-2)29-26(33)34-27(5,6)7/h10-12,14-15,18-19,21-23H,8-9,13,16-17H2,1-7H3,(H,28,31)(H,29,33). The van der Waals surface area contributed by atoms with Crippen LogP contribution in [0.1, 0.15) is 92.2 Å². The molecule has 0 radical (unpaired) electrons. The maximum Gasteiger partial charge on any atom is 0.408 e. The van der Waals surface area contributed by atoms with Gasteiger partial charge in [-0.2, -0.15) is 0 Å². The van der Waals surface area contributed by atoms with Gasteiger partial charge in [0.15, 0.2) is 0 Å². The van der Waals surface area contributed by atoms with Gasteiger partial charge in [0.2, 0.25) is 11.8 Å². The van der Waals surface area contributed by atoms with Crippen LogP contribution in [0.5, 0.6) is 0 Å². The highest BCUT2D eigenvalue weighted by Gasteiger charge is 2.45. The minimum atomic E-state index is -0.785. The molecular formula is C27H43N3O4. The number of alkyl carbamates (subject to hydrolysis) is 1. The highest BCUT2D eigenvalue weighted by molar-refractivity contribution is 5.92. The molecule has 7 heteroatoms. The summed E-state index contributed by atoms with van der Waals surface area (Å²) in [5, 5.41) is 5.92. The second kappa shape index (κ2) is 12.2. The van der Waals surface area contributed by atoms with E-state index in [9.17, 15) is 14.4 Å². The lowest BCUT2D eigenvalue weighted by atomic mass is 9.95. The Balaban J connectivity index is 2.41. The highest BCUT2D eigenvalue weighted by atomic mass is 16.6. The average Bonchev–Trinajstić information content (AvgIpc) is 3.59. The van der Waals surface area contributed by atoms with Crippen molar-refractivity contribution in [1.29, 1.82) is 0 Å². The largest absolute Gasteiger partial charge is 0.444 e. The molecular weight excluding hydrogens is 430 g/mol. The van der Waals surface area contributed by atoms with Crippen LogP contribution in [0, 0.1) is 5.92 Å².